The van der Waals surface area contributed by atoms with Gasteiger partial charge in [-0.1, -0.05) is 12.1 Å². The van der Waals surface area contributed by atoms with Gasteiger partial charge in [0.25, 0.3) is 0 Å². The van der Waals surface area contributed by atoms with Crippen molar-refractivity contribution in [3.63, 3.8) is 0 Å². The molecule has 2 aromatic carbocycles. The Kier molecular flexibility index (Phi) is 4.95. The first-order chi connectivity index (χ1) is 14.1. The maximum Gasteiger partial charge on any atom is 0.310 e. The van der Waals surface area contributed by atoms with E-state index in [0.29, 0.717) is 29.2 Å². The Labute approximate surface area is 167 Å². The number of carbonyl (C=O) groups is 1. The van der Waals surface area contributed by atoms with E-state index in [-0.39, 0.29) is 17.4 Å². The van der Waals surface area contributed by atoms with Gasteiger partial charge in [0.2, 0.25) is 0 Å². The third-order valence-electron chi connectivity index (χ3n) is 4.87. The number of hydrogen-bond acceptors (Lipinski definition) is 6. The summed E-state index contributed by atoms with van der Waals surface area (Å²) in [7, 11) is 3.15. The summed E-state index contributed by atoms with van der Waals surface area (Å²) in [4.78, 5) is 13.1. The first kappa shape index (κ1) is 18.6. The Balaban J connectivity index is 1.78. The number of benzene rings is 2. The number of nitrogens with zero attached hydrogens (tertiary/aromatic N) is 2. The highest BCUT2D eigenvalue weighted by molar-refractivity contribution is 6.06. The SMILES string of the molecule is COc1ccc([C@@H]2CC(c3ccccc3O)=NN2C(=O)c2ccco2)c(OC)c1. The van der Waals surface area contributed by atoms with Crippen LogP contribution in [0.3, 0.4) is 0 Å². The highest BCUT2D eigenvalue weighted by Crippen LogP contribution is 2.40. The molecule has 1 atom stereocenters. The largest absolute Gasteiger partial charge is 0.507 e. The summed E-state index contributed by atoms with van der Waals surface area (Å²) in [5.41, 5.74) is 1.97. The van der Waals surface area contributed by atoms with E-state index in [9.17, 15) is 9.90 Å². The molecule has 0 aliphatic carbocycles. The summed E-state index contributed by atoms with van der Waals surface area (Å²) in [6, 6.07) is 15.2. The summed E-state index contributed by atoms with van der Waals surface area (Å²) in [6.07, 6.45) is 1.85. The van der Waals surface area contributed by atoms with Gasteiger partial charge < -0.3 is 19.0 Å². The van der Waals surface area contributed by atoms with Crippen LogP contribution in [0.1, 0.15) is 34.1 Å². The molecular formula is C22H20N2O5. The van der Waals surface area contributed by atoms with Crippen LogP contribution in [-0.2, 0) is 0 Å². The molecule has 29 heavy (non-hydrogen) atoms. The summed E-state index contributed by atoms with van der Waals surface area (Å²) < 4.78 is 16.1. The number of amides is 1. The predicted molar refractivity (Wildman–Crippen MR) is 106 cm³/mol. The average molecular weight is 392 g/mol. The Hall–Kier alpha value is -3.74. The first-order valence-electron chi connectivity index (χ1n) is 9.07. The Bertz CT molecular complexity index is 1060. The van der Waals surface area contributed by atoms with E-state index in [1.807, 2.05) is 18.2 Å². The van der Waals surface area contributed by atoms with Crippen molar-refractivity contribution in [3.05, 3.63) is 77.7 Å². The molecule has 1 N–H and O–H groups in total. The van der Waals surface area contributed by atoms with Gasteiger partial charge in [0.1, 0.15) is 17.2 Å². The minimum absolute atomic E-state index is 0.110. The van der Waals surface area contributed by atoms with Gasteiger partial charge in [0.05, 0.1) is 32.2 Å². The van der Waals surface area contributed by atoms with Crippen LogP contribution < -0.4 is 9.47 Å². The number of hydrazone groups is 1. The number of aromatic hydroxyl groups is 1. The van der Waals surface area contributed by atoms with Gasteiger partial charge in [-0.25, -0.2) is 5.01 Å². The lowest BCUT2D eigenvalue weighted by Crippen LogP contribution is -2.27. The van der Waals surface area contributed by atoms with E-state index in [1.165, 1.54) is 11.3 Å². The summed E-state index contributed by atoms with van der Waals surface area (Å²) in [5.74, 6) is 1.15. The molecule has 0 bridgehead atoms. The molecular weight excluding hydrogens is 372 g/mol. The quantitative estimate of drug-likeness (QED) is 0.710. The molecule has 0 fully saturated rings. The number of para-hydroxylation sites is 1. The number of ether oxygens (including phenoxy) is 2. The summed E-state index contributed by atoms with van der Waals surface area (Å²) in [5, 5.41) is 16.2. The van der Waals surface area contributed by atoms with Crippen molar-refractivity contribution in [1.29, 1.82) is 0 Å². The Morgan fingerprint density at radius 1 is 1.14 bits per heavy atom. The van der Waals surface area contributed by atoms with Crippen molar-refractivity contribution in [3.8, 4) is 17.2 Å². The van der Waals surface area contributed by atoms with Gasteiger partial charge in [0.15, 0.2) is 5.76 Å². The van der Waals surface area contributed by atoms with E-state index in [2.05, 4.69) is 5.10 Å². The van der Waals surface area contributed by atoms with Gasteiger partial charge in [-0.2, -0.15) is 5.10 Å². The van der Waals surface area contributed by atoms with E-state index in [1.54, 1.807) is 50.6 Å². The van der Waals surface area contributed by atoms with Crippen molar-refractivity contribution in [2.45, 2.75) is 12.5 Å². The van der Waals surface area contributed by atoms with Crippen LogP contribution in [0.25, 0.3) is 0 Å². The number of furan rings is 1. The lowest BCUT2D eigenvalue weighted by molar-refractivity contribution is 0.0677. The molecule has 0 unspecified atom stereocenters. The maximum atomic E-state index is 13.1. The molecule has 1 aliphatic rings. The Morgan fingerprint density at radius 3 is 2.66 bits per heavy atom. The fraction of sp³-hybridized carbons (Fsp3) is 0.182. The third-order valence-corrected chi connectivity index (χ3v) is 4.87. The van der Waals surface area contributed by atoms with Crippen LogP contribution in [0.4, 0.5) is 0 Å². The van der Waals surface area contributed by atoms with E-state index < -0.39 is 6.04 Å². The molecule has 0 saturated heterocycles. The summed E-state index contributed by atoms with van der Waals surface area (Å²) >= 11 is 0. The molecule has 1 aliphatic heterocycles. The average Bonchev–Trinajstić information content (AvgIpc) is 3.43. The van der Waals surface area contributed by atoms with Crippen molar-refractivity contribution in [2.24, 2.45) is 5.10 Å². The molecule has 0 spiro atoms. The van der Waals surface area contributed by atoms with Crippen LogP contribution in [0, 0.1) is 0 Å². The number of hydrogen-bond donors (Lipinski definition) is 1. The van der Waals surface area contributed by atoms with Crippen molar-refractivity contribution in [1.82, 2.24) is 5.01 Å². The van der Waals surface area contributed by atoms with E-state index >= 15 is 0 Å². The number of phenols is 1. The van der Waals surface area contributed by atoms with Crippen LogP contribution in [-0.4, -0.2) is 36.0 Å². The van der Waals surface area contributed by atoms with Gasteiger partial charge in [-0.05, 0) is 36.4 Å². The molecule has 7 nitrogen and oxygen atoms in total. The minimum atomic E-state index is -0.428. The standard InChI is InChI=1S/C22H20N2O5/c1-27-14-9-10-16(21(12-14)28-2)18-13-17(15-6-3-4-7-19(15)25)23-24(18)22(26)20-8-5-11-29-20/h3-12,18,25H,13H2,1-2H3/t18-/m0/s1. The van der Waals surface area contributed by atoms with Crippen LogP contribution >= 0.6 is 0 Å². The zero-order valence-electron chi connectivity index (χ0n) is 16.0. The van der Waals surface area contributed by atoms with Crippen LogP contribution in [0.5, 0.6) is 17.2 Å². The topological polar surface area (TPSA) is 84.5 Å². The number of phenolic OH excluding ortho intramolecular Hbond substituents is 1. The van der Waals surface area contributed by atoms with Crippen molar-refractivity contribution in [2.75, 3.05) is 14.2 Å². The van der Waals surface area contributed by atoms with Gasteiger partial charge in [-0.15, -0.1) is 0 Å². The zero-order valence-corrected chi connectivity index (χ0v) is 16.0. The first-order valence-corrected chi connectivity index (χ1v) is 9.07. The Morgan fingerprint density at radius 2 is 1.97 bits per heavy atom. The van der Waals surface area contributed by atoms with Gasteiger partial charge >= 0.3 is 5.91 Å². The number of carbonyl (C=O) groups excluding carboxylic acids is 1. The molecule has 7 heteroatoms. The maximum absolute atomic E-state index is 13.1. The predicted octanol–water partition coefficient (Wildman–Crippen LogP) is 3.99. The molecule has 148 valence electrons. The van der Waals surface area contributed by atoms with Crippen molar-refractivity contribution < 1.29 is 23.8 Å². The number of methoxy groups -OCH3 is 2. The third kappa shape index (κ3) is 3.42. The highest BCUT2D eigenvalue weighted by atomic mass is 16.5. The van der Waals surface area contributed by atoms with Crippen LogP contribution in [0.2, 0.25) is 0 Å². The monoisotopic (exact) mass is 392 g/mol. The lowest BCUT2D eigenvalue weighted by Gasteiger charge is -2.23. The second kappa shape index (κ2) is 7.71. The second-order valence-electron chi connectivity index (χ2n) is 6.52. The van der Waals surface area contributed by atoms with E-state index in [0.717, 1.165) is 5.56 Å². The fourth-order valence-corrected chi connectivity index (χ4v) is 3.43. The minimum Gasteiger partial charge on any atom is -0.507 e. The van der Waals surface area contributed by atoms with E-state index in [4.69, 9.17) is 13.9 Å². The highest BCUT2D eigenvalue weighted by Gasteiger charge is 2.37. The molecule has 0 saturated carbocycles. The van der Waals surface area contributed by atoms with Crippen molar-refractivity contribution >= 4 is 11.6 Å². The zero-order chi connectivity index (χ0) is 20.4. The molecule has 1 aromatic heterocycles. The fourth-order valence-electron chi connectivity index (χ4n) is 3.43. The normalized spacial score (nSPS) is 15.9. The lowest BCUT2D eigenvalue weighted by atomic mass is 9.97. The van der Waals surface area contributed by atoms with Gasteiger partial charge in [-0.3, -0.25) is 4.79 Å². The van der Waals surface area contributed by atoms with Gasteiger partial charge in [0, 0.05) is 23.6 Å². The molecule has 2 heterocycles. The van der Waals surface area contributed by atoms with Crippen LogP contribution in [0.15, 0.2) is 70.4 Å². The number of rotatable bonds is 5. The molecule has 0 radical (unpaired) electrons. The molecule has 1 amide bonds. The molecule has 3 aromatic rings. The smallest absolute Gasteiger partial charge is 0.310 e. The second-order valence-corrected chi connectivity index (χ2v) is 6.52. The summed E-state index contributed by atoms with van der Waals surface area (Å²) in [6.45, 7) is 0. The molecule has 4 rings (SSSR count).